The molecule has 0 rings (SSSR count). The van der Waals surface area contributed by atoms with Crippen LogP contribution in [-0.4, -0.2) is 54.8 Å². The monoisotopic (exact) mass is 460 g/mol. The number of halogens is 1. The first kappa shape index (κ1) is 24.9. The number of hydrogen-bond donors (Lipinski definition) is 3. The number of amides is 1. The number of nitrogens with zero attached hydrogens (tertiary/aromatic N) is 1. The van der Waals surface area contributed by atoms with E-state index in [1.54, 1.807) is 11.8 Å². The number of carbonyl (C=O) groups excluding carboxylic acids is 1. The molecule has 0 saturated carbocycles. The highest BCUT2D eigenvalue weighted by molar-refractivity contribution is 14.0. The first-order valence-corrected chi connectivity index (χ1v) is 9.01. The number of rotatable bonds is 7. The summed E-state index contributed by atoms with van der Waals surface area (Å²) in [7, 11) is 0. The maximum absolute atomic E-state index is 11.8. The summed E-state index contributed by atoms with van der Waals surface area (Å²) in [6.45, 7) is 13.5. The van der Waals surface area contributed by atoms with Crippen LogP contribution in [0.1, 0.15) is 41.5 Å². The first-order chi connectivity index (χ1) is 10.1. The van der Waals surface area contributed by atoms with Crippen molar-refractivity contribution >= 4 is 47.8 Å². The maximum atomic E-state index is 11.8. The van der Waals surface area contributed by atoms with Crippen LogP contribution in [0, 0.1) is 0 Å². The predicted molar refractivity (Wildman–Crippen MR) is 111 cm³/mol. The first-order valence-electron chi connectivity index (χ1n) is 7.62. The zero-order valence-electron chi connectivity index (χ0n) is 15.4. The van der Waals surface area contributed by atoms with E-state index < -0.39 is 17.2 Å². The number of aliphatic imine (C=N–C) groups is 1. The van der Waals surface area contributed by atoms with E-state index in [0.29, 0.717) is 6.54 Å². The summed E-state index contributed by atoms with van der Waals surface area (Å²) < 4.78 is 5.27. The molecule has 0 unspecified atom stereocenters. The molecule has 6 nitrogen and oxygen atoms in total. The summed E-state index contributed by atoms with van der Waals surface area (Å²) in [5.41, 5.74) is -0.984. The average Bonchev–Trinajstić information content (AvgIpc) is 2.33. The Kier molecular flexibility index (Phi) is 13.0. The molecule has 8 heteroatoms. The lowest BCUT2D eigenvalue weighted by Gasteiger charge is -2.27. The van der Waals surface area contributed by atoms with Gasteiger partial charge in [0.25, 0.3) is 0 Å². The van der Waals surface area contributed by atoms with Gasteiger partial charge in [0, 0.05) is 18.8 Å². The van der Waals surface area contributed by atoms with Crippen LogP contribution in [0.25, 0.3) is 0 Å². The minimum absolute atomic E-state index is 0. The van der Waals surface area contributed by atoms with Gasteiger partial charge in [-0.1, -0.05) is 0 Å². The van der Waals surface area contributed by atoms with E-state index in [4.69, 9.17) is 4.74 Å². The Labute approximate surface area is 162 Å². The van der Waals surface area contributed by atoms with E-state index >= 15 is 0 Å². The molecule has 0 fully saturated rings. The van der Waals surface area contributed by atoms with E-state index in [1.165, 1.54) is 0 Å². The fourth-order valence-corrected chi connectivity index (χ4v) is 1.82. The molecule has 0 aliphatic heterocycles. The summed E-state index contributed by atoms with van der Waals surface area (Å²) in [4.78, 5) is 16.4. The third kappa shape index (κ3) is 14.9. The van der Waals surface area contributed by atoms with Crippen molar-refractivity contribution in [3.8, 4) is 0 Å². The Bertz CT molecular complexity index is 371. The number of nitrogens with one attached hydrogen (secondary N) is 3. The summed E-state index contributed by atoms with van der Waals surface area (Å²) in [6, 6.07) is 0. The van der Waals surface area contributed by atoms with Crippen LogP contribution in [0.5, 0.6) is 0 Å². The lowest BCUT2D eigenvalue weighted by Crippen LogP contribution is -2.49. The van der Waals surface area contributed by atoms with Crippen LogP contribution in [0.2, 0.25) is 0 Å². The van der Waals surface area contributed by atoms with Crippen molar-refractivity contribution in [1.29, 1.82) is 0 Å². The quantitative estimate of drug-likeness (QED) is 0.236. The van der Waals surface area contributed by atoms with Crippen LogP contribution >= 0.6 is 35.7 Å². The largest absolute Gasteiger partial charge is 0.444 e. The van der Waals surface area contributed by atoms with Crippen LogP contribution in [0.15, 0.2) is 4.99 Å². The summed E-state index contributed by atoms with van der Waals surface area (Å²) in [5, 5.41) is 9.30. The Morgan fingerprint density at radius 3 is 2.26 bits per heavy atom. The minimum Gasteiger partial charge on any atom is -0.444 e. The van der Waals surface area contributed by atoms with Gasteiger partial charge >= 0.3 is 6.09 Å². The molecule has 0 heterocycles. The summed E-state index contributed by atoms with van der Waals surface area (Å²) >= 11 is 1.78. The smallest absolute Gasteiger partial charge is 0.408 e. The zero-order chi connectivity index (χ0) is 17.2. The van der Waals surface area contributed by atoms with Crippen LogP contribution in [0.3, 0.4) is 0 Å². The number of thioether (sulfide) groups is 1. The molecule has 1 amide bonds. The van der Waals surface area contributed by atoms with E-state index in [0.717, 1.165) is 24.8 Å². The van der Waals surface area contributed by atoms with Crippen LogP contribution < -0.4 is 16.0 Å². The highest BCUT2D eigenvalue weighted by Gasteiger charge is 2.24. The normalized spacial score (nSPS) is 12.2. The van der Waals surface area contributed by atoms with Crippen molar-refractivity contribution in [3.05, 3.63) is 0 Å². The van der Waals surface area contributed by atoms with Gasteiger partial charge < -0.3 is 20.7 Å². The lowest BCUT2D eigenvalue weighted by molar-refractivity contribution is 0.0476. The van der Waals surface area contributed by atoms with Gasteiger partial charge in [-0.05, 0) is 47.8 Å². The zero-order valence-corrected chi connectivity index (χ0v) is 18.6. The van der Waals surface area contributed by atoms with Crippen molar-refractivity contribution in [2.45, 2.75) is 52.7 Å². The van der Waals surface area contributed by atoms with E-state index in [-0.39, 0.29) is 24.0 Å². The van der Waals surface area contributed by atoms with Crippen molar-refractivity contribution in [1.82, 2.24) is 16.0 Å². The molecular weight excluding hydrogens is 427 g/mol. The molecule has 0 aliphatic carbocycles. The van der Waals surface area contributed by atoms with Gasteiger partial charge in [-0.25, -0.2) is 4.79 Å². The SMILES string of the molecule is CCNC(=NCC(C)(C)NC(=O)OC(C)(C)C)NCCSC.I. The molecule has 0 atom stereocenters. The second-order valence-electron chi connectivity index (χ2n) is 6.63. The van der Waals surface area contributed by atoms with Crippen molar-refractivity contribution in [2.75, 3.05) is 31.6 Å². The van der Waals surface area contributed by atoms with Crippen molar-refractivity contribution < 1.29 is 9.53 Å². The fourth-order valence-electron chi connectivity index (χ4n) is 1.51. The van der Waals surface area contributed by atoms with Crippen molar-refractivity contribution in [3.63, 3.8) is 0 Å². The molecule has 0 aromatic carbocycles. The maximum Gasteiger partial charge on any atom is 0.408 e. The molecule has 3 N–H and O–H groups in total. The van der Waals surface area contributed by atoms with Gasteiger partial charge in [0.1, 0.15) is 5.60 Å². The number of alkyl carbamates (subject to hydrolysis) is 1. The number of guanidine groups is 1. The molecule has 0 aliphatic rings. The van der Waals surface area contributed by atoms with Gasteiger partial charge in [-0.2, -0.15) is 11.8 Å². The molecule has 0 radical (unpaired) electrons. The average molecular weight is 460 g/mol. The van der Waals surface area contributed by atoms with Gasteiger partial charge in [-0.3, -0.25) is 4.99 Å². The minimum atomic E-state index is -0.502. The molecule has 0 aromatic rings. The Hall–Kier alpha value is -0.380. The summed E-state index contributed by atoms with van der Waals surface area (Å²) in [6.07, 6.45) is 1.65. The van der Waals surface area contributed by atoms with Gasteiger partial charge in [-0.15, -0.1) is 24.0 Å². The molecule has 23 heavy (non-hydrogen) atoms. The topological polar surface area (TPSA) is 74.8 Å². The molecule has 138 valence electrons. The standard InChI is InChI=1S/C15H32N4O2S.HI/c1-8-16-12(17-9-10-22-7)18-11-15(5,6)19-13(20)21-14(2,3)4;/h8-11H2,1-7H3,(H,19,20)(H2,16,17,18);1H. The molecule has 0 bridgehead atoms. The van der Waals surface area contributed by atoms with Gasteiger partial charge in [0.15, 0.2) is 5.96 Å². The van der Waals surface area contributed by atoms with E-state index in [9.17, 15) is 4.79 Å². The van der Waals surface area contributed by atoms with Gasteiger partial charge in [0.2, 0.25) is 0 Å². The molecule has 0 aromatic heterocycles. The second-order valence-corrected chi connectivity index (χ2v) is 7.61. The van der Waals surface area contributed by atoms with Gasteiger partial charge in [0.05, 0.1) is 12.1 Å². The Balaban J connectivity index is 0. The summed E-state index contributed by atoms with van der Waals surface area (Å²) in [5.74, 6) is 1.78. The highest BCUT2D eigenvalue weighted by Crippen LogP contribution is 2.09. The Morgan fingerprint density at radius 1 is 1.17 bits per heavy atom. The lowest BCUT2D eigenvalue weighted by atomic mass is 10.1. The van der Waals surface area contributed by atoms with Crippen molar-refractivity contribution in [2.24, 2.45) is 4.99 Å². The number of carbonyl (C=O) groups is 1. The van der Waals surface area contributed by atoms with E-state index in [2.05, 4.69) is 27.2 Å². The van der Waals surface area contributed by atoms with Crippen LogP contribution in [0.4, 0.5) is 4.79 Å². The highest BCUT2D eigenvalue weighted by atomic mass is 127. The third-order valence-electron chi connectivity index (χ3n) is 2.41. The second kappa shape index (κ2) is 12.0. The molecule has 0 spiro atoms. The Morgan fingerprint density at radius 2 is 1.78 bits per heavy atom. The molecular formula is C15H33IN4O2S. The third-order valence-corrected chi connectivity index (χ3v) is 3.03. The molecule has 0 saturated heterocycles. The number of ether oxygens (including phenoxy) is 1. The predicted octanol–water partition coefficient (Wildman–Crippen LogP) is 2.83. The fraction of sp³-hybridized carbons (Fsp3) is 0.867. The van der Waals surface area contributed by atoms with E-state index in [1.807, 2.05) is 41.5 Å². The number of hydrogen-bond acceptors (Lipinski definition) is 4. The van der Waals surface area contributed by atoms with Crippen LogP contribution in [-0.2, 0) is 4.74 Å².